The van der Waals surface area contributed by atoms with Gasteiger partial charge in [0, 0.05) is 18.1 Å². The molecule has 1 heterocycles. The third-order valence-corrected chi connectivity index (χ3v) is 4.15. The molecule has 3 rings (SSSR count). The molecule has 1 aromatic heterocycles. The van der Waals surface area contributed by atoms with Crippen molar-refractivity contribution in [1.82, 2.24) is 15.0 Å². The van der Waals surface area contributed by atoms with Crippen LogP contribution in [0, 0.1) is 5.92 Å². The number of aromatic nitrogens is 2. The minimum absolute atomic E-state index is 0. The maximum absolute atomic E-state index is 5.93. The van der Waals surface area contributed by atoms with Crippen LogP contribution in [-0.4, -0.2) is 28.1 Å². The zero-order chi connectivity index (χ0) is 15.4. The van der Waals surface area contributed by atoms with E-state index in [-0.39, 0.29) is 12.4 Å². The number of hydrogen-bond donors (Lipinski definition) is 1. The SMILES string of the molecule is Cl.NCc1nc(CN(CCc2ccc(Cl)cc2)CC2CC2)no1. The van der Waals surface area contributed by atoms with E-state index in [9.17, 15) is 0 Å². The summed E-state index contributed by atoms with van der Waals surface area (Å²) in [7, 11) is 0. The Bertz CT molecular complexity index is 598. The summed E-state index contributed by atoms with van der Waals surface area (Å²) in [6.45, 7) is 3.08. The third kappa shape index (κ3) is 5.77. The second-order valence-electron chi connectivity index (χ2n) is 5.86. The molecule has 1 saturated carbocycles. The van der Waals surface area contributed by atoms with Crippen molar-refractivity contribution in [3.63, 3.8) is 0 Å². The molecular weight excluding hydrogens is 335 g/mol. The summed E-state index contributed by atoms with van der Waals surface area (Å²) in [5.41, 5.74) is 6.80. The molecule has 0 spiro atoms. The van der Waals surface area contributed by atoms with Crippen molar-refractivity contribution >= 4 is 24.0 Å². The molecular formula is C16H22Cl2N4O. The van der Waals surface area contributed by atoms with E-state index in [1.54, 1.807) is 0 Å². The van der Waals surface area contributed by atoms with E-state index in [1.807, 2.05) is 12.1 Å². The summed E-state index contributed by atoms with van der Waals surface area (Å²) < 4.78 is 5.08. The first-order valence-corrected chi connectivity index (χ1v) is 8.09. The molecule has 126 valence electrons. The molecule has 23 heavy (non-hydrogen) atoms. The lowest BCUT2D eigenvalue weighted by Crippen LogP contribution is -2.28. The van der Waals surface area contributed by atoms with Crippen LogP contribution in [0.15, 0.2) is 28.8 Å². The summed E-state index contributed by atoms with van der Waals surface area (Å²) in [6.07, 6.45) is 3.65. The van der Waals surface area contributed by atoms with Crippen LogP contribution in [0.3, 0.4) is 0 Å². The van der Waals surface area contributed by atoms with E-state index < -0.39 is 0 Å². The number of nitrogens with two attached hydrogens (primary N) is 1. The minimum atomic E-state index is 0. The number of nitrogens with zero attached hydrogens (tertiary/aromatic N) is 3. The van der Waals surface area contributed by atoms with Crippen LogP contribution in [0.1, 0.15) is 30.1 Å². The van der Waals surface area contributed by atoms with Gasteiger partial charge >= 0.3 is 0 Å². The molecule has 0 atom stereocenters. The zero-order valence-electron chi connectivity index (χ0n) is 12.9. The molecule has 0 aliphatic heterocycles. The fourth-order valence-electron chi connectivity index (χ4n) is 2.48. The molecule has 1 aliphatic carbocycles. The van der Waals surface area contributed by atoms with Crippen LogP contribution in [0.2, 0.25) is 5.02 Å². The van der Waals surface area contributed by atoms with Crippen LogP contribution in [0.25, 0.3) is 0 Å². The third-order valence-electron chi connectivity index (χ3n) is 3.89. The van der Waals surface area contributed by atoms with Gasteiger partial charge in [-0.15, -0.1) is 12.4 Å². The summed E-state index contributed by atoms with van der Waals surface area (Å²) in [4.78, 5) is 6.70. The van der Waals surface area contributed by atoms with E-state index in [2.05, 4.69) is 27.2 Å². The quantitative estimate of drug-likeness (QED) is 0.786. The predicted octanol–water partition coefficient (Wildman–Crippen LogP) is 3.06. The Balaban J connectivity index is 0.00000192. The van der Waals surface area contributed by atoms with Crippen LogP contribution in [0.4, 0.5) is 0 Å². The van der Waals surface area contributed by atoms with Gasteiger partial charge in [0.25, 0.3) is 0 Å². The maximum Gasteiger partial charge on any atom is 0.240 e. The molecule has 7 heteroatoms. The highest BCUT2D eigenvalue weighted by atomic mass is 35.5. The smallest absolute Gasteiger partial charge is 0.240 e. The van der Waals surface area contributed by atoms with E-state index in [1.165, 1.54) is 18.4 Å². The second kappa shape index (κ2) is 8.64. The fourth-order valence-corrected chi connectivity index (χ4v) is 2.60. The van der Waals surface area contributed by atoms with Crippen molar-refractivity contribution in [2.45, 2.75) is 32.4 Å². The Labute approximate surface area is 147 Å². The van der Waals surface area contributed by atoms with Gasteiger partial charge in [0.15, 0.2) is 5.82 Å². The Morgan fingerprint density at radius 3 is 2.61 bits per heavy atom. The van der Waals surface area contributed by atoms with Crippen molar-refractivity contribution in [3.05, 3.63) is 46.6 Å². The maximum atomic E-state index is 5.93. The van der Waals surface area contributed by atoms with E-state index in [4.69, 9.17) is 21.9 Å². The molecule has 0 saturated heterocycles. The fraction of sp³-hybridized carbons (Fsp3) is 0.500. The lowest BCUT2D eigenvalue weighted by Gasteiger charge is -2.20. The molecule has 1 aromatic carbocycles. The van der Waals surface area contributed by atoms with E-state index in [0.717, 1.165) is 36.3 Å². The number of hydrogen-bond acceptors (Lipinski definition) is 5. The topological polar surface area (TPSA) is 68.2 Å². The number of benzene rings is 1. The average molecular weight is 357 g/mol. The Morgan fingerprint density at radius 1 is 1.26 bits per heavy atom. The van der Waals surface area contributed by atoms with Crippen LogP contribution < -0.4 is 5.73 Å². The van der Waals surface area contributed by atoms with Crippen LogP contribution in [-0.2, 0) is 19.5 Å². The molecule has 2 N–H and O–H groups in total. The molecule has 2 aromatic rings. The van der Waals surface area contributed by atoms with Crippen molar-refractivity contribution in [2.75, 3.05) is 13.1 Å². The van der Waals surface area contributed by atoms with Gasteiger partial charge in [0.05, 0.1) is 13.1 Å². The van der Waals surface area contributed by atoms with Gasteiger partial charge in [-0.1, -0.05) is 28.9 Å². The summed E-state index contributed by atoms with van der Waals surface area (Å²) in [5.74, 6) is 2.04. The molecule has 0 bridgehead atoms. The highest BCUT2D eigenvalue weighted by molar-refractivity contribution is 6.30. The molecule has 1 fully saturated rings. The molecule has 0 unspecified atom stereocenters. The highest BCUT2D eigenvalue weighted by Crippen LogP contribution is 2.30. The van der Waals surface area contributed by atoms with Crippen LogP contribution >= 0.6 is 24.0 Å². The van der Waals surface area contributed by atoms with E-state index >= 15 is 0 Å². The van der Waals surface area contributed by atoms with Gasteiger partial charge in [0.2, 0.25) is 5.89 Å². The second-order valence-corrected chi connectivity index (χ2v) is 6.30. The van der Waals surface area contributed by atoms with Gasteiger partial charge in [-0.05, 0) is 42.9 Å². The zero-order valence-corrected chi connectivity index (χ0v) is 14.5. The number of halogens is 2. The van der Waals surface area contributed by atoms with Crippen molar-refractivity contribution < 1.29 is 4.52 Å². The van der Waals surface area contributed by atoms with Crippen LogP contribution in [0.5, 0.6) is 0 Å². The van der Waals surface area contributed by atoms with Crippen molar-refractivity contribution in [3.8, 4) is 0 Å². The largest absolute Gasteiger partial charge is 0.338 e. The Kier molecular flexibility index (Phi) is 6.84. The normalized spacial score (nSPS) is 14.0. The predicted molar refractivity (Wildman–Crippen MR) is 92.6 cm³/mol. The van der Waals surface area contributed by atoms with Crippen molar-refractivity contribution in [2.24, 2.45) is 11.7 Å². The first-order chi connectivity index (χ1) is 10.7. The highest BCUT2D eigenvalue weighted by Gasteiger charge is 2.25. The summed E-state index contributed by atoms with van der Waals surface area (Å²) in [5, 5.41) is 4.77. The van der Waals surface area contributed by atoms with Gasteiger partial charge < -0.3 is 10.3 Å². The molecule has 0 amide bonds. The van der Waals surface area contributed by atoms with Gasteiger partial charge in [-0.2, -0.15) is 4.98 Å². The molecule has 5 nitrogen and oxygen atoms in total. The standard InChI is InChI=1S/C16H21ClN4O.ClH/c17-14-5-3-12(4-6-14)7-8-21(10-13-1-2-13)11-15-19-16(9-18)22-20-15;/h3-6,13H,1-2,7-11,18H2;1H. The molecule has 0 radical (unpaired) electrons. The Hall–Kier alpha value is -1.14. The molecule has 1 aliphatic rings. The van der Waals surface area contributed by atoms with Crippen molar-refractivity contribution in [1.29, 1.82) is 0 Å². The Morgan fingerprint density at radius 2 is 2.00 bits per heavy atom. The lowest BCUT2D eigenvalue weighted by molar-refractivity contribution is 0.247. The van der Waals surface area contributed by atoms with Gasteiger partial charge in [-0.25, -0.2) is 0 Å². The lowest BCUT2D eigenvalue weighted by atomic mass is 10.1. The summed E-state index contributed by atoms with van der Waals surface area (Å²) >= 11 is 5.93. The average Bonchev–Trinajstić information content (AvgIpc) is 3.22. The van der Waals surface area contributed by atoms with E-state index in [0.29, 0.717) is 19.0 Å². The first kappa shape index (κ1) is 18.2. The first-order valence-electron chi connectivity index (χ1n) is 7.71. The monoisotopic (exact) mass is 356 g/mol. The minimum Gasteiger partial charge on any atom is -0.338 e. The summed E-state index contributed by atoms with van der Waals surface area (Å²) in [6, 6.07) is 8.04. The van der Waals surface area contributed by atoms with Gasteiger partial charge in [0.1, 0.15) is 0 Å². The van der Waals surface area contributed by atoms with Gasteiger partial charge in [-0.3, -0.25) is 4.90 Å². The number of rotatable bonds is 8.